The summed E-state index contributed by atoms with van der Waals surface area (Å²) in [5.41, 5.74) is -0.647. The normalized spacial score (nSPS) is 19.4. The van der Waals surface area contributed by atoms with Crippen molar-refractivity contribution in [2.75, 3.05) is 26.9 Å². The van der Waals surface area contributed by atoms with Crippen LogP contribution in [0.15, 0.2) is 17.1 Å². The van der Waals surface area contributed by atoms with Crippen molar-refractivity contribution in [2.24, 2.45) is 0 Å². The smallest absolute Gasteiger partial charge is 0.411 e. The van der Waals surface area contributed by atoms with Crippen LogP contribution in [0.4, 0.5) is 13.2 Å². The highest BCUT2D eigenvalue weighted by atomic mass is 19.4. The van der Waals surface area contributed by atoms with E-state index in [1.165, 1.54) is 7.11 Å². The summed E-state index contributed by atoms with van der Waals surface area (Å²) in [6, 6.07) is -1.01. The second kappa shape index (κ2) is 5.76. The molecule has 1 N–H and O–H groups in total. The van der Waals surface area contributed by atoms with Crippen LogP contribution < -0.4 is 10.3 Å². The second-order valence-corrected chi connectivity index (χ2v) is 4.41. The Kier molecular flexibility index (Phi) is 4.21. The number of nitrogens with one attached hydrogen (secondary N) is 1. The molecule has 1 aromatic heterocycles. The van der Waals surface area contributed by atoms with E-state index in [-0.39, 0.29) is 24.5 Å². The lowest BCUT2D eigenvalue weighted by Crippen LogP contribution is -2.55. The molecule has 116 valence electrons. The summed E-state index contributed by atoms with van der Waals surface area (Å²) in [5.74, 6) is -0.940. The monoisotopic (exact) mass is 306 g/mol. The van der Waals surface area contributed by atoms with Gasteiger partial charge in [-0.3, -0.25) is 9.59 Å². The third-order valence-corrected chi connectivity index (χ3v) is 3.10. The molecule has 2 rings (SSSR count). The first kappa shape index (κ1) is 15.4. The lowest BCUT2D eigenvalue weighted by Gasteiger charge is -2.36. The van der Waals surface area contributed by atoms with E-state index in [9.17, 15) is 22.8 Å². The van der Waals surface area contributed by atoms with Crippen LogP contribution in [0, 0.1) is 0 Å². The Balaban J connectivity index is 2.35. The molecule has 1 fully saturated rings. The van der Waals surface area contributed by atoms with E-state index >= 15 is 0 Å². The van der Waals surface area contributed by atoms with Crippen molar-refractivity contribution in [3.8, 4) is 5.75 Å². The Morgan fingerprint density at radius 1 is 1.52 bits per heavy atom. The van der Waals surface area contributed by atoms with E-state index < -0.39 is 30.3 Å². The topological polar surface area (TPSA) is 71.6 Å². The number of ether oxygens (including phenoxy) is 2. The number of aromatic amines is 1. The standard InChI is InChI=1S/C12H13F3N2O4/c1-20-8-4-10(18)16-5-7(8)11(19)17-2-3-21-6-9(17)12(13,14)15/h4-5,9H,2-3,6H2,1H3,(H,16,18). The van der Waals surface area contributed by atoms with Gasteiger partial charge in [0.15, 0.2) is 6.04 Å². The fourth-order valence-electron chi connectivity index (χ4n) is 2.06. The molecule has 2 heterocycles. The highest BCUT2D eigenvalue weighted by Gasteiger charge is 2.47. The van der Waals surface area contributed by atoms with Crippen LogP contribution in [-0.4, -0.2) is 54.9 Å². The van der Waals surface area contributed by atoms with Gasteiger partial charge in [-0.2, -0.15) is 13.2 Å². The fourth-order valence-corrected chi connectivity index (χ4v) is 2.06. The van der Waals surface area contributed by atoms with E-state index in [1.807, 2.05) is 0 Å². The number of rotatable bonds is 2. The molecule has 21 heavy (non-hydrogen) atoms. The van der Waals surface area contributed by atoms with Crippen LogP contribution >= 0.6 is 0 Å². The second-order valence-electron chi connectivity index (χ2n) is 4.41. The largest absolute Gasteiger partial charge is 0.496 e. The number of H-pyrrole nitrogens is 1. The molecule has 1 aliphatic rings. The Bertz CT molecular complexity index is 585. The first-order valence-electron chi connectivity index (χ1n) is 6.06. The maximum Gasteiger partial charge on any atom is 0.411 e. The number of halogens is 3. The zero-order chi connectivity index (χ0) is 15.6. The highest BCUT2D eigenvalue weighted by Crippen LogP contribution is 2.29. The fraction of sp³-hybridized carbons (Fsp3) is 0.500. The van der Waals surface area contributed by atoms with Crippen molar-refractivity contribution in [2.45, 2.75) is 12.2 Å². The molecule has 6 nitrogen and oxygen atoms in total. The number of hydrogen-bond acceptors (Lipinski definition) is 4. The molecule has 1 aromatic rings. The molecule has 1 atom stereocenters. The summed E-state index contributed by atoms with van der Waals surface area (Å²) in [5, 5.41) is 0. The third-order valence-electron chi connectivity index (χ3n) is 3.10. The minimum Gasteiger partial charge on any atom is -0.496 e. The van der Waals surface area contributed by atoms with E-state index in [0.717, 1.165) is 12.3 Å². The Morgan fingerprint density at radius 3 is 2.86 bits per heavy atom. The van der Waals surface area contributed by atoms with Crippen LogP contribution in [0.1, 0.15) is 10.4 Å². The molecule has 1 aliphatic heterocycles. The van der Waals surface area contributed by atoms with E-state index in [1.54, 1.807) is 0 Å². The van der Waals surface area contributed by atoms with Crippen LogP contribution in [0.5, 0.6) is 5.75 Å². The third kappa shape index (κ3) is 3.18. The van der Waals surface area contributed by atoms with Crippen LogP contribution in [0.3, 0.4) is 0 Å². The number of morpholine rings is 1. The van der Waals surface area contributed by atoms with Gasteiger partial charge >= 0.3 is 6.18 Å². The van der Waals surface area contributed by atoms with Gasteiger partial charge < -0.3 is 19.4 Å². The number of nitrogens with zero attached hydrogens (tertiary/aromatic N) is 1. The van der Waals surface area contributed by atoms with Crippen molar-refractivity contribution < 1.29 is 27.4 Å². The van der Waals surface area contributed by atoms with E-state index in [2.05, 4.69) is 4.98 Å². The minimum atomic E-state index is -4.59. The number of carbonyl (C=O) groups excluding carboxylic acids is 1. The predicted octanol–water partition coefficient (Wildman–Crippen LogP) is 0.787. The van der Waals surface area contributed by atoms with E-state index in [0.29, 0.717) is 4.90 Å². The zero-order valence-electron chi connectivity index (χ0n) is 11.1. The number of alkyl halides is 3. The summed E-state index contributed by atoms with van der Waals surface area (Å²) in [7, 11) is 1.23. The number of carbonyl (C=O) groups is 1. The maximum absolute atomic E-state index is 13.0. The van der Waals surface area contributed by atoms with Gasteiger partial charge in [0.2, 0.25) is 0 Å². The molecule has 1 saturated heterocycles. The summed E-state index contributed by atoms with van der Waals surface area (Å²) in [6.45, 7) is -0.782. The molecule has 0 spiro atoms. The molecule has 1 unspecified atom stereocenters. The van der Waals surface area contributed by atoms with Crippen molar-refractivity contribution >= 4 is 5.91 Å². The molecule has 0 bridgehead atoms. The summed E-state index contributed by atoms with van der Waals surface area (Å²) >= 11 is 0. The summed E-state index contributed by atoms with van der Waals surface area (Å²) in [6.07, 6.45) is -3.54. The quantitative estimate of drug-likeness (QED) is 0.877. The lowest BCUT2D eigenvalue weighted by molar-refractivity contribution is -0.202. The predicted molar refractivity (Wildman–Crippen MR) is 65.3 cm³/mol. The summed E-state index contributed by atoms with van der Waals surface area (Å²) in [4.78, 5) is 26.4. The lowest BCUT2D eigenvalue weighted by atomic mass is 10.1. The molecule has 0 aliphatic carbocycles. The average Bonchev–Trinajstić information content (AvgIpc) is 2.45. The molecule has 1 amide bonds. The molecular weight excluding hydrogens is 293 g/mol. The van der Waals surface area contributed by atoms with Crippen molar-refractivity contribution in [1.29, 1.82) is 0 Å². The van der Waals surface area contributed by atoms with Gasteiger partial charge in [0, 0.05) is 18.8 Å². The number of hydrogen-bond donors (Lipinski definition) is 1. The average molecular weight is 306 g/mol. The Morgan fingerprint density at radius 2 is 2.24 bits per heavy atom. The zero-order valence-corrected chi connectivity index (χ0v) is 11.1. The maximum atomic E-state index is 13.0. The first-order valence-corrected chi connectivity index (χ1v) is 6.06. The van der Waals surface area contributed by atoms with Gasteiger partial charge in [-0.1, -0.05) is 0 Å². The van der Waals surface area contributed by atoms with Gasteiger partial charge in [-0.15, -0.1) is 0 Å². The Labute approximate surface area is 117 Å². The SMILES string of the molecule is COc1cc(=O)[nH]cc1C(=O)N1CCOCC1C(F)(F)F. The number of methoxy groups -OCH3 is 1. The van der Waals surface area contributed by atoms with Crippen molar-refractivity contribution in [1.82, 2.24) is 9.88 Å². The first-order chi connectivity index (χ1) is 9.84. The molecule has 0 saturated carbocycles. The van der Waals surface area contributed by atoms with Gasteiger partial charge in [0.1, 0.15) is 5.75 Å². The molecule has 0 radical (unpaired) electrons. The molecule has 9 heteroatoms. The number of pyridine rings is 1. The van der Waals surface area contributed by atoms with Crippen molar-refractivity contribution in [3.63, 3.8) is 0 Å². The van der Waals surface area contributed by atoms with Gasteiger partial charge in [0.25, 0.3) is 11.5 Å². The minimum absolute atomic E-state index is 0.0178. The Hall–Kier alpha value is -2.03. The highest BCUT2D eigenvalue weighted by molar-refractivity contribution is 5.96. The van der Waals surface area contributed by atoms with Gasteiger partial charge in [0.05, 0.1) is 25.9 Å². The summed E-state index contributed by atoms with van der Waals surface area (Å²) < 4.78 is 48.5. The molecule has 0 aromatic carbocycles. The van der Waals surface area contributed by atoms with E-state index in [4.69, 9.17) is 9.47 Å². The molecular formula is C12H13F3N2O4. The van der Waals surface area contributed by atoms with Gasteiger partial charge in [-0.05, 0) is 0 Å². The van der Waals surface area contributed by atoms with Crippen molar-refractivity contribution in [3.05, 3.63) is 28.2 Å². The van der Waals surface area contributed by atoms with Gasteiger partial charge in [-0.25, -0.2) is 0 Å². The number of amides is 1. The van der Waals surface area contributed by atoms with Crippen LogP contribution in [0.25, 0.3) is 0 Å². The van der Waals surface area contributed by atoms with Crippen LogP contribution in [-0.2, 0) is 4.74 Å². The number of aromatic nitrogens is 1. The van der Waals surface area contributed by atoms with Crippen LogP contribution in [0.2, 0.25) is 0 Å².